The minimum Gasteiger partial charge on any atom is -0.325 e. The maximum absolute atomic E-state index is 11.6. The molecule has 4 heteroatoms. The molecule has 1 rings (SSSR count). The van der Waals surface area contributed by atoms with Crippen LogP contribution >= 0.6 is 11.6 Å². The van der Waals surface area contributed by atoms with Gasteiger partial charge in [-0.1, -0.05) is 37.1 Å². The number of halogens is 1. The number of hydrogen-bond acceptors (Lipinski definition) is 2. The molecule has 0 radical (unpaired) electrons. The SMILES string of the molecule is CCCCNCCC(=O)Nc1ccccc1Cl. The Morgan fingerprint density at radius 1 is 1.29 bits per heavy atom. The van der Waals surface area contributed by atoms with Gasteiger partial charge in [0, 0.05) is 13.0 Å². The molecule has 0 saturated carbocycles. The van der Waals surface area contributed by atoms with Crippen LogP contribution in [0.25, 0.3) is 0 Å². The summed E-state index contributed by atoms with van der Waals surface area (Å²) in [5.74, 6) is -0.0119. The number of unbranched alkanes of at least 4 members (excludes halogenated alkanes) is 1. The molecule has 1 aromatic carbocycles. The van der Waals surface area contributed by atoms with Crippen LogP contribution in [0.2, 0.25) is 5.02 Å². The molecule has 0 bridgehead atoms. The van der Waals surface area contributed by atoms with Crippen LogP contribution in [0.1, 0.15) is 26.2 Å². The van der Waals surface area contributed by atoms with E-state index < -0.39 is 0 Å². The van der Waals surface area contributed by atoms with Crippen molar-refractivity contribution in [1.29, 1.82) is 0 Å². The predicted molar refractivity (Wildman–Crippen MR) is 72.5 cm³/mol. The van der Waals surface area contributed by atoms with E-state index in [0.29, 0.717) is 23.7 Å². The maximum Gasteiger partial charge on any atom is 0.225 e. The Hall–Kier alpha value is -1.06. The Morgan fingerprint density at radius 2 is 2.06 bits per heavy atom. The fourth-order valence-electron chi connectivity index (χ4n) is 1.40. The number of carbonyl (C=O) groups is 1. The van der Waals surface area contributed by atoms with E-state index >= 15 is 0 Å². The summed E-state index contributed by atoms with van der Waals surface area (Å²) in [7, 11) is 0. The van der Waals surface area contributed by atoms with Gasteiger partial charge in [-0.05, 0) is 25.1 Å². The predicted octanol–water partition coefficient (Wildman–Crippen LogP) is 3.06. The minimum absolute atomic E-state index is 0.0119. The van der Waals surface area contributed by atoms with Crippen molar-refractivity contribution < 1.29 is 4.79 Å². The zero-order chi connectivity index (χ0) is 12.5. The molecule has 2 N–H and O–H groups in total. The van der Waals surface area contributed by atoms with Crippen molar-refractivity contribution in [3.8, 4) is 0 Å². The van der Waals surface area contributed by atoms with Gasteiger partial charge in [0.1, 0.15) is 0 Å². The lowest BCUT2D eigenvalue weighted by Gasteiger charge is -2.07. The van der Waals surface area contributed by atoms with Crippen molar-refractivity contribution in [3.63, 3.8) is 0 Å². The summed E-state index contributed by atoms with van der Waals surface area (Å²) < 4.78 is 0. The van der Waals surface area contributed by atoms with Gasteiger partial charge in [0.2, 0.25) is 5.91 Å². The van der Waals surface area contributed by atoms with Crippen molar-refractivity contribution in [2.75, 3.05) is 18.4 Å². The minimum atomic E-state index is -0.0119. The molecule has 0 heterocycles. The Kier molecular flexibility index (Phi) is 6.67. The van der Waals surface area contributed by atoms with E-state index in [1.54, 1.807) is 12.1 Å². The zero-order valence-corrected chi connectivity index (χ0v) is 10.9. The number of amides is 1. The van der Waals surface area contributed by atoms with E-state index in [4.69, 9.17) is 11.6 Å². The summed E-state index contributed by atoms with van der Waals surface area (Å²) in [5.41, 5.74) is 0.674. The second-order valence-corrected chi connectivity index (χ2v) is 4.29. The lowest BCUT2D eigenvalue weighted by molar-refractivity contribution is -0.116. The molecule has 0 fully saturated rings. The first-order valence-corrected chi connectivity index (χ1v) is 6.37. The fraction of sp³-hybridized carbons (Fsp3) is 0.462. The molecule has 3 nitrogen and oxygen atoms in total. The van der Waals surface area contributed by atoms with E-state index in [1.165, 1.54) is 6.42 Å². The second-order valence-electron chi connectivity index (χ2n) is 3.88. The topological polar surface area (TPSA) is 41.1 Å². The van der Waals surface area contributed by atoms with Crippen LogP contribution in [0.4, 0.5) is 5.69 Å². The molecule has 0 unspecified atom stereocenters. The molecule has 0 atom stereocenters. The van der Waals surface area contributed by atoms with Gasteiger partial charge in [0.15, 0.2) is 0 Å². The summed E-state index contributed by atoms with van der Waals surface area (Å²) in [6, 6.07) is 7.24. The summed E-state index contributed by atoms with van der Waals surface area (Å²) in [6.07, 6.45) is 2.78. The molecular weight excluding hydrogens is 236 g/mol. The summed E-state index contributed by atoms with van der Waals surface area (Å²) in [4.78, 5) is 11.6. The highest BCUT2D eigenvalue weighted by Gasteiger charge is 2.04. The van der Waals surface area contributed by atoms with Gasteiger partial charge in [0.05, 0.1) is 10.7 Å². The molecule has 1 amide bonds. The first kappa shape index (κ1) is 14.0. The molecule has 17 heavy (non-hydrogen) atoms. The zero-order valence-electron chi connectivity index (χ0n) is 10.1. The van der Waals surface area contributed by atoms with E-state index in [-0.39, 0.29) is 5.91 Å². The first-order valence-electron chi connectivity index (χ1n) is 5.99. The smallest absolute Gasteiger partial charge is 0.225 e. The number of benzene rings is 1. The van der Waals surface area contributed by atoms with Crippen molar-refractivity contribution >= 4 is 23.2 Å². The Morgan fingerprint density at radius 3 is 2.76 bits per heavy atom. The highest BCUT2D eigenvalue weighted by molar-refractivity contribution is 6.33. The third-order valence-electron chi connectivity index (χ3n) is 2.38. The molecule has 0 aliphatic heterocycles. The van der Waals surface area contributed by atoms with Crippen LogP contribution in [-0.2, 0) is 4.79 Å². The van der Waals surface area contributed by atoms with Crippen LogP contribution < -0.4 is 10.6 Å². The van der Waals surface area contributed by atoms with Gasteiger partial charge in [0.25, 0.3) is 0 Å². The quantitative estimate of drug-likeness (QED) is 0.735. The van der Waals surface area contributed by atoms with Crippen LogP contribution in [0.3, 0.4) is 0 Å². The Bertz CT molecular complexity index is 355. The molecule has 0 aliphatic carbocycles. The third-order valence-corrected chi connectivity index (χ3v) is 2.71. The number of anilines is 1. The van der Waals surface area contributed by atoms with Gasteiger partial charge in [-0.25, -0.2) is 0 Å². The van der Waals surface area contributed by atoms with E-state index in [9.17, 15) is 4.79 Å². The largest absolute Gasteiger partial charge is 0.325 e. The third kappa shape index (κ3) is 5.71. The summed E-state index contributed by atoms with van der Waals surface area (Å²) in [5, 5.41) is 6.58. The highest BCUT2D eigenvalue weighted by atomic mass is 35.5. The van der Waals surface area contributed by atoms with E-state index in [1.807, 2.05) is 12.1 Å². The molecule has 0 aromatic heterocycles. The van der Waals surface area contributed by atoms with Crippen LogP contribution in [0.15, 0.2) is 24.3 Å². The van der Waals surface area contributed by atoms with Crippen molar-refractivity contribution in [1.82, 2.24) is 5.32 Å². The molecule has 0 aliphatic rings. The monoisotopic (exact) mass is 254 g/mol. The Balaban J connectivity index is 2.23. The molecule has 0 saturated heterocycles. The molecule has 1 aromatic rings. The van der Waals surface area contributed by atoms with Crippen molar-refractivity contribution in [2.45, 2.75) is 26.2 Å². The first-order chi connectivity index (χ1) is 8.24. The number of hydrogen-bond donors (Lipinski definition) is 2. The normalized spacial score (nSPS) is 10.2. The van der Waals surface area contributed by atoms with Crippen LogP contribution in [-0.4, -0.2) is 19.0 Å². The second kappa shape index (κ2) is 8.09. The van der Waals surface area contributed by atoms with Gasteiger partial charge in [-0.2, -0.15) is 0 Å². The molecule has 0 spiro atoms. The van der Waals surface area contributed by atoms with Gasteiger partial charge in [-0.3, -0.25) is 4.79 Å². The number of carbonyl (C=O) groups excluding carboxylic acids is 1. The van der Waals surface area contributed by atoms with Gasteiger partial charge >= 0.3 is 0 Å². The number of nitrogens with one attached hydrogen (secondary N) is 2. The van der Waals surface area contributed by atoms with E-state index in [2.05, 4.69) is 17.6 Å². The van der Waals surface area contributed by atoms with Crippen molar-refractivity contribution in [2.24, 2.45) is 0 Å². The van der Waals surface area contributed by atoms with Gasteiger partial charge < -0.3 is 10.6 Å². The standard InChI is InChI=1S/C13H19ClN2O/c1-2-3-9-15-10-8-13(17)16-12-7-5-4-6-11(12)14/h4-7,15H,2-3,8-10H2,1H3,(H,16,17). The molecular formula is C13H19ClN2O. The fourth-order valence-corrected chi connectivity index (χ4v) is 1.59. The average Bonchev–Trinajstić information content (AvgIpc) is 2.32. The molecule has 94 valence electrons. The number of para-hydroxylation sites is 1. The van der Waals surface area contributed by atoms with Crippen molar-refractivity contribution in [3.05, 3.63) is 29.3 Å². The lowest BCUT2D eigenvalue weighted by Crippen LogP contribution is -2.22. The summed E-state index contributed by atoms with van der Waals surface area (Å²) in [6.45, 7) is 3.82. The van der Waals surface area contributed by atoms with E-state index in [0.717, 1.165) is 13.0 Å². The summed E-state index contributed by atoms with van der Waals surface area (Å²) >= 11 is 5.94. The lowest BCUT2D eigenvalue weighted by atomic mass is 10.3. The average molecular weight is 255 g/mol. The Labute approximate surface area is 108 Å². The highest BCUT2D eigenvalue weighted by Crippen LogP contribution is 2.20. The maximum atomic E-state index is 11.6. The van der Waals surface area contributed by atoms with Crippen LogP contribution in [0, 0.1) is 0 Å². The van der Waals surface area contributed by atoms with Gasteiger partial charge in [-0.15, -0.1) is 0 Å². The van der Waals surface area contributed by atoms with Crippen LogP contribution in [0.5, 0.6) is 0 Å². The number of rotatable bonds is 7.